The van der Waals surface area contributed by atoms with Gasteiger partial charge in [-0.25, -0.2) is 9.59 Å². The monoisotopic (exact) mass is 372 g/mol. The Hall–Kier alpha value is -3.06. The smallest absolute Gasteiger partial charge is 0.414 e. The first kappa shape index (κ1) is 20.3. The van der Waals surface area contributed by atoms with Crippen molar-refractivity contribution >= 4 is 17.6 Å². The molecule has 0 saturated carbocycles. The number of anilines is 1. The minimum absolute atomic E-state index is 0.924. The predicted octanol–water partition coefficient (Wildman–Crippen LogP) is 2.17. The van der Waals surface area contributed by atoms with Crippen molar-refractivity contribution in [3.05, 3.63) is 60.2 Å². The van der Waals surface area contributed by atoms with Crippen LogP contribution in [0.25, 0.3) is 0 Å². The van der Waals surface area contributed by atoms with Crippen LogP contribution in [0.3, 0.4) is 0 Å². The lowest BCUT2D eigenvalue weighted by atomic mass is 10.2. The summed E-state index contributed by atoms with van der Waals surface area (Å²) in [6.07, 6.45) is 0. The Morgan fingerprint density at radius 2 is 1.44 bits per heavy atom. The molecule has 1 heterocycles. The highest BCUT2D eigenvalue weighted by atomic mass is 16.5. The number of carbonyl (C=O) groups is 2. The number of nitrogens with zero attached hydrogens (tertiary/aromatic N) is 2. The Morgan fingerprint density at radius 3 is 1.93 bits per heavy atom. The van der Waals surface area contributed by atoms with E-state index in [1.807, 2.05) is 12.1 Å². The third-order valence-electron chi connectivity index (χ3n) is 4.24. The van der Waals surface area contributed by atoms with Crippen LogP contribution in [0.15, 0.2) is 54.6 Å². The van der Waals surface area contributed by atoms with Crippen molar-refractivity contribution in [3.63, 3.8) is 0 Å². The van der Waals surface area contributed by atoms with Gasteiger partial charge < -0.3 is 19.8 Å². The van der Waals surface area contributed by atoms with E-state index in [2.05, 4.69) is 52.3 Å². The predicted molar refractivity (Wildman–Crippen MR) is 102 cm³/mol. The van der Waals surface area contributed by atoms with E-state index in [0.29, 0.717) is 0 Å². The number of piperazine rings is 1. The van der Waals surface area contributed by atoms with Crippen LogP contribution in [0.4, 0.5) is 5.69 Å². The number of aliphatic carboxylic acids is 2. The molecule has 2 aromatic carbocycles. The van der Waals surface area contributed by atoms with E-state index in [-0.39, 0.29) is 0 Å². The first-order chi connectivity index (χ1) is 13.0. The molecule has 0 unspecified atom stereocenters. The van der Waals surface area contributed by atoms with Gasteiger partial charge in [-0.1, -0.05) is 30.3 Å². The minimum Gasteiger partial charge on any atom is -0.497 e. The van der Waals surface area contributed by atoms with Crippen molar-refractivity contribution < 1.29 is 24.5 Å². The molecule has 0 radical (unpaired) electrons. The second-order valence-corrected chi connectivity index (χ2v) is 6.06. The van der Waals surface area contributed by atoms with Crippen LogP contribution in [-0.4, -0.2) is 60.3 Å². The fraction of sp³-hybridized carbons (Fsp3) is 0.300. The standard InChI is InChI=1S/C18H22N2O.C2H2O4/c1-21-18-9-7-16(8-10-18)15-19-11-13-20(14-12-19)17-5-3-2-4-6-17;3-1(4)2(5)6/h2-10H,11-15H2,1H3;(H,3,4)(H,5,6). The second-order valence-electron chi connectivity index (χ2n) is 6.06. The highest BCUT2D eigenvalue weighted by Gasteiger charge is 2.17. The van der Waals surface area contributed by atoms with Crippen LogP contribution in [0.1, 0.15) is 5.56 Å². The van der Waals surface area contributed by atoms with Crippen LogP contribution < -0.4 is 9.64 Å². The Labute approximate surface area is 158 Å². The van der Waals surface area contributed by atoms with Gasteiger partial charge in [0.2, 0.25) is 0 Å². The summed E-state index contributed by atoms with van der Waals surface area (Å²) >= 11 is 0. The average Bonchev–Trinajstić information content (AvgIpc) is 2.70. The molecule has 144 valence electrons. The highest BCUT2D eigenvalue weighted by Crippen LogP contribution is 2.17. The van der Waals surface area contributed by atoms with Crippen LogP contribution in [0, 0.1) is 0 Å². The maximum absolute atomic E-state index is 9.10. The van der Waals surface area contributed by atoms with E-state index >= 15 is 0 Å². The van der Waals surface area contributed by atoms with Crippen molar-refractivity contribution in [2.24, 2.45) is 0 Å². The van der Waals surface area contributed by atoms with Gasteiger partial charge in [0.05, 0.1) is 7.11 Å². The zero-order valence-corrected chi connectivity index (χ0v) is 15.2. The van der Waals surface area contributed by atoms with Gasteiger partial charge in [0.1, 0.15) is 5.75 Å². The van der Waals surface area contributed by atoms with Crippen molar-refractivity contribution in [2.75, 3.05) is 38.2 Å². The van der Waals surface area contributed by atoms with E-state index in [9.17, 15) is 0 Å². The van der Waals surface area contributed by atoms with Gasteiger partial charge in [-0.05, 0) is 29.8 Å². The molecular weight excluding hydrogens is 348 g/mol. The number of rotatable bonds is 4. The molecule has 0 aromatic heterocycles. The zero-order chi connectivity index (χ0) is 19.6. The zero-order valence-electron chi connectivity index (χ0n) is 15.2. The quantitative estimate of drug-likeness (QED) is 0.795. The van der Waals surface area contributed by atoms with Crippen LogP contribution in [0.2, 0.25) is 0 Å². The number of carboxylic acid groups (broad SMARTS) is 2. The van der Waals surface area contributed by atoms with E-state index < -0.39 is 11.9 Å². The van der Waals surface area contributed by atoms with Crippen molar-refractivity contribution in [3.8, 4) is 5.75 Å². The van der Waals surface area contributed by atoms with Gasteiger partial charge in [-0.15, -0.1) is 0 Å². The Morgan fingerprint density at radius 1 is 0.889 bits per heavy atom. The maximum atomic E-state index is 9.10. The fourth-order valence-electron chi connectivity index (χ4n) is 2.79. The maximum Gasteiger partial charge on any atom is 0.414 e. The number of benzene rings is 2. The molecule has 2 aromatic rings. The Kier molecular flexibility index (Phi) is 7.63. The van der Waals surface area contributed by atoms with Gasteiger partial charge in [0.15, 0.2) is 0 Å². The van der Waals surface area contributed by atoms with Gasteiger partial charge in [0, 0.05) is 38.4 Å². The number of methoxy groups -OCH3 is 1. The summed E-state index contributed by atoms with van der Waals surface area (Å²) in [6, 6.07) is 19.1. The summed E-state index contributed by atoms with van der Waals surface area (Å²) < 4.78 is 5.20. The molecule has 1 aliphatic rings. The number of para-hydroxylation sites is 1. The van der Waals surface area contributed by atoms with Gasteiger partial charge in [-0.3, -0.25) is 4.90 Å². The lowest BCUT2D eigenvalue weighted by Gasteiger charge is -2.36. The number of hydrogen-bond acceptors (Lipinski definition) is 5. The van der Waals surface area contributed by atoms with Gasteiger partial charge in [0.25, 0.3) is 0 Å². The average molecular weight is 372 g/mol. The summed E-state index contributed by atoms with van der Waals surface area (Å²) in [4.78, 5) is 23.2. The largest absolute Gasteiger partial charge is 0.497 e. The molecule has 1 fully saturated rings. The van der Waals surface area contributed by atoms with Gasteiger partial charge >= 0.3 is 11.9 Å². The van der Waals surface area contributed by atoms with Crippen molar-refractivity contribution in [1.82, 2.24) is 4.90 Å². The Bertz CT molecular complexity index is 714. The summed E-state index contributed by atoms with van der Waals surface area (Å²) in [5.74, 6) is -2.72. The molecule has 0 bridgehead atoms. The highest BCUT2D eigenvalue weighted by molar-refractivity contribution is 6.27. The molecule has 1 saturated heterocycles. The van der Waals surface area contributed by atoms with E-state index in [0.717, 1.165) is 38.5 Å². The lowest BCUT2D eigenvalue weighted by molar-refractivity contribution is -0.159. The summed E-state index contributed by atoms with van der Waals surface area (Å²) in [5.41, 5.74) is 2.69. The molecule has 7 heteroatoms. The summed E-state index contributed by atoms with van der Waals surface area (Å²) in [5, 5.41) is 14.8. The molecule has 0 atom stereocenters. The normalized spacial score (nSPS) is 14.0. The lowest BCUT2D eigenvalue weighted by Crippen LogP contribution is -2.45. The second kappa shape index (κ2) is 10.2. The van der Waals surface area contributed by atoms with Crippen LogP contribution >= 0.6 is 0 Å². The molecule has 27 heavy (non-hydrogen) atoms. The van der Waals surface area contributed by atoms with E-state index in [1.54, 1.807) is 7.11 Å². The fourth-order valence-corrected chi connectivity index (χ4v) is 2.79. The van der Waals surface area contributed by atoms with Crippen LogP contribution in [-0.2, 0) is 16.1 Å². The number of hydrogen-bond donors (Lipinski definition) is 2. The van der Waals surface area contributed by atoms with Gasteiger partial charge in [-0.2, -0.15) is 0 Å². The molecule has 7 nitrogen and oxygen atoms in total. The first-order valence-electron chi connectivity index (χ1n) is 8.61. The molecule has 3 rings (SSSR count). The topological polar surface area (TPSA) is 90.3 Å². The van der Waals surface area contributed by atoms with E-state index in [4.69, 9.17) is 24.5 Å². The third kappa shape index (κ3) is 6.63. The molecule has 0 spiro atoms. The number of ether oxygens (including phenoxy) is 1. The molecule has 2 N–H and O–H groups in total. The third-order valence-corrected chi connectivity index (χ3v) is 4.24. The van der Waals surface area contributed by atoms with Crippen LogP contribution in [0.5, 0.6) is 5.75 Å². The number of carboxylic acids is 2. The van der Waals surface area contributed by atoms with Crippen molar-refractivity contribution in [2.45, 2.75) is 6.54 Å². The molecule has 0 amide bonds. The molecule has 1 aliphatic heterocycles. The summed E-state index contributed by atoms with van der Waals surface area (Å²) in [7, 11) is 1.71. The first-order valence-corrected chi connectivity index (χ1v) is 8.61. The van der Waals surface area contributed by atoms with Crippen molar-refractivity contribution in [1.29, 1.82) is 0 Å². The SMILES string of the molecule is COc1ccc(CN2CCN(c3ccccc3)CC2)cc1.O=C(O)C(=O)O. The minimum atomic E-state index is -1.82. The Balaban J connectivity index is 0.000000380. The van der Waals surface area contributed by atoms with E-state index in [1.165, 1.54) is 11.3 Å². The molecular formula is C20H24N2O5. The summed E-state index contributed by atoms with van der Waals surface area (Å²) in [6.45, 7) is 5.44. The molecule has 0 aliphatic carbocycles.